The van der Waals surface area contributed by atoms with Crippen LogP contribution >= 0.6 is 0 Å². The normalized spacial score (nSPS) is 18.0. The number of fused-ring (bicyclic) bond motifs is 1. The Balaban J connectivity index is 1.40. The summed E-state index contributed by atoms with van der Waals surface area (Å²) in [5.74, 6) is 1.89. The SMILES string of the molecule is Cc1ccc(C(=O)Nc2cc(C(C)(C)C)on2)cc1Nc1ncnc2cnc(N3C[C@@H](C)O[C@@H](C)C3)nc12. The maximum absolute atomic E-state index is 13.0. The van der Waals surface area contributed by atoms with E-state index in [1.54, 1.807) is 24.4 Å². The molecule has 1 aliphatic heterocycles. The van der Waals surface area contributed by atoms with E-state index in [1.165, 1.54) is 6.33 Å². The minimum absolute atomic E-state index is 0.0801. The number of anilines is 4. The van der Waals surface area contributed by atoms with Gasteiger partial charge in [-0.15, -0.1) is 0 Å². The second kappa shape index (κ2) is 9.97. The number of aryl methyl sites for hydroxylation is 1. The predicted octanol–water partition coefficient (Wildman–Crippen LogP) is 4.62. The quantitative estimate of drug-likeness (QED) is 0.387. The molecule has 4 aromatic rings. The minimum atomic E-state index is -0.297. The topological polar surface area (TPSA) is 131 Å². The summed E-state index contributed by atoms with van der Waals surface area (Å²) in [5.41, 5.74) is 3.13. The van der Waals surface area contributed by atoms with E-state index in [-0.39, 0.29) is 23.5 Å². The van der Waals surface area contributed by atoms with E-state index in [4.69, 9.17) is 14.2 Å². The number of carbonyl (C=O) groups excluding carboxylic acids is 1. The molecule has 0 unspecified atom stereocenters. The van der Waals surface area contributed by atoms with Gasteiger partial charge in [0.05, 0.1) is 18.4 Å². The van der Waals surface area contributed by atoms with Crippen LogP contribution in [0.3, 0.4) is 0 Å². The molecule has 0 bridgehead atoms. The Morgan fingerprint density at radius 3 is 2.55 bits per heavy atom. The second-order valence-electron chi connectivity index (χ2n) is 10.7. The Morgan fingerprint density at radius 1 is 1.08 bits per heavy atom. The van der Waals surface area contributed by atoms with Gasteiger partial charge in [-0.1, -0.05) is 32.0 Å². The molecule has 3 aromatic heterocycles. The van der Waals surface area contributed by atoms with E-state index >= 15 is 0 Å². The number of hydrogen-bond donors (Lipinski definition) is 2. The second-order valence-corrected chi connectivity index (χ2v) is 10.7. The molecule has 0 aliphatic carbocycles. The lowest BCUT2D eigenvalue weighted by Crippen LogP contribution is -2.46. The van der Waals surface area contributed by atoms with Crippen LogP contribution in [-0.2, 0) is 10.2 Å². The van der Waals surface area contributed by atoms with Crippen molar-refractivity contribution in [2.75, 3.05) is 28.6 Å². The smallest absolute Gasteiger partial charge is 0.256 e. The average molecular weight is 517 g/mol. The highest BCUT2D eigenvalue weighted by atomic mass is 16.5. The van der Waals surface area contributed by atoms with Crippen LogP contribution in [0.15, 0.2) is 41.3 Å². The van der Waals surface area contributed by atoms with Gasteiger partial charge in [-0.25, -0.2) is 19.9 Å². The van der Waals surface area contributed by atoms with Crippen LogP contribution < -0.4 is 15.5 Å². The summed E-state index contributed by atoms with van der Waals surface area (Å²) >= 11 is 0. The molecule has 2 atom stereocenters. The average Bonchev–Trinajstić information content (AvgIpc) is 3.34. The maximum atomic E-state index is 13.0. The van der Waals surface area contributed by atoms with E-state index < -0.39 is 0 Å². The van der Waals surface area contributed by atoms with Crippen molar-refractivity contribution in [3.8, 4) is 0 Å². The first-order chi connectivity index (χ1) is 18.1. The standard InChI is InChI=1S/C27H32N8O3/c1-15-7-8-18(25(36)32-22-10-21(38-34-22)27(4,5)6)9-19(15)31-24-23-20(29-14-30-24)11-28-26(33-23)35-12-16(2)37-17(3)13-35/h7-11,14,16-17H,12-13H2,1-6H3,(H,29,30,31)(H,32,34,36)/t16-,17+. The zero-order valence-corrected chi connectivity index (χ0v) is 22.4. The fourth-order valence-electron chi connectivity index (χ4n) is 4.33. The zero-order chi connectivity index (χ0) is 27.0. The minimum Gasteiger partial charge on any atom is -0.372 e. The molecule has 1 aromatic carbocycles. The van der Waals surface area contributed by atoms with Crippen molar-refractivity contribution in [1.29, 1.82) is 0 Å². The monoisotopic (exact) mass is 516 g/mol. The Kier molecular flexibility index (Phi) is 6.70. The Bertz CT molecular complexity index is 1470. The number of nitrogens with zero attached hydrogens (tertiary/aromatic N) is 6. The zero-order valence-electron chi connectivity index (χ0n) is 22.4. The van der Waals surface area contributed by atoms with Crippen molar-refractivity contribution >= 4 is 40.2 Å². The lowest BCUT2D eigenvalue weighted by Gasteiger charge is -2.35. The third-order valence-corrected chi connectivity index (χ3v) is 6.31. The van der Waals surface area contributed by atoms with Crippen LogP contribution in [0.1, 0.15) is 56.3 Å². The molecular formula is C27H32N8O3. The van der Waals surface area contributed by atoms with E-state index in [2.05, 4.69) is 35.6 Å². The molecule has 5 rings (SSSR count). The van der Waals surface area contributed by atoms with Crippen LogP contribution in [-0.4, -0.2) is 56.3 Å². The van der Waals surface area contributed by atoms with Gasteiger partial charge < -0.3 is 24.8 Å². The summed E-state index contributed by atoms with van der Waals surface area (Å²) in [6.45, 7) is 13.5. The predicted molar refractivity (Wildman–Crippen MR) is 145 cm³/mol. The van der Waals surface area contributed by atoms with Crippen molar-refractivity contribution in [2.45, 2.75) is 59.2 Å². The van der Waals surface area contributed by atoms with Gasteiger partial charge in [0.25, 0.3) is 5.91 Å². The molecular weight excluding hydrogens is 484 g/mol. The number of carbonyl (C=O) groups is 1. The summed E-state index contributed by atoms with van der Waals surface area (Å²) < 4.78 is 11.2. The molecule has 198 valence electrons. The van der Waals surface area contributed by atoms with Gasteiger partial charge >= 0.3 is 0 Å². The van der Waals surface area contributed by atoms with Crippen molar-refractivity contribution in [3.05, 3.63) is 53.7 Å². The summed E-state index contributed by atoms with van der Waals surface area (Å²) in [7, 11) is 0. The summed E-state index contributed by atoms with van der Waals surface area (Å²) in [5, 5.41) is 10.1. The first-order valence-electron chi connectivity index (χ1n) is 12.6. The largest absolute Gasteiger partial charge is 0.372 e. The third-order valence-electron chi connectivity index (χ3n) is 6.31. The number of rotatable bonds is 5. The number of amides is 1. The molecule has 0 saturated carbocycles. The van der Waals surface area contributed by atoms with Gasteiger partial charge in [0.1, 0.15) is 23.1 Å². The van der Waals surface area contributed by atoms with E-state index in [0.717, 1.165) is 11.3 Å². The Hall–Kier alpha value is -4.12. The van der Waals surface area contributed by atoms with Crippen LogP contribution in [0, 0.1) is 6.92 Å². The van der Waals surface area contributed by atoms with Gasteiger partial charge in [-0.3, -0.25) is 4.79 Å². The number of ether oxygens (including phenoxy) is 1. The number of benzene rings is 1. The van der Waals surface area contributed by atoms with Crippen molar-refractivity contribution in [2.24, 2.45) is 0 Å². The molecule has 1 saturated heterocycles. The molecule has 38 heavy (non-hydrogen) atoms. The molecule has 0 spiro atoms. The van der Waals surface area contributed by atoms with Crippen LogP contribution in [0.2, 0.25) is 0 Å². The lowest BCUT2D eigenvalue weighted by molar-refractivity contribution is -0.00570. The molecule has 1 amide bonds. The fourth-order valence-corrected chi connectivity index (χ4v) is 4.33. The van der Waals surface area contributed by atoms with Gasteiger partial charge in [0.15, 0.2) is 11.6 Å². The number of morpholine rings is 1. The summed E-state index contributed by atoms with van der Waals surface area (Å²) in [4.78, 5) is 33.2. The van der Waals surface area contributed by atoms with Crippen LogP contribution in [0.4, 0.5) is 23.3 Å². The first-order valence-corrected chi connectivity index (χ1v) is 12.6. The van der Waals surface area contributed by atoms with Crippen molar-refractivity contribution in [3.63, 3.8) is 0 Å². The van der Waals surface area contributed by atoms with Crippen molar-refractivity contribution < 1.29 is 14.1 Å². The van der Waals surface area contributed by atoms with Crippen LogP contribution in [0.25, 0.3) is 11.0 Å². The highest BCUT2D eigenvalue weighted by Gasteiger charge is 2.25. The summed E-state index contributed by atoms with van der Waals surface area (Å²) in [6, 6.07) is 7.16. The van der Waals surface area contributed by atoms with E-state index in [1.807, 2.05) is 47.6 Å². The molecule has 0 radical (unpaired) electrons. The number of aromatic nitrogens is 5. The van der Waals surface area contributed by atoms with Gasteiger partial charge in [0, 0.05) is 35.8 Å². The third kappa shape index (κ3) is 5.42. The molecule has 11 heteroatoms. The molecule has 4 heterocycles. The maximum Gasteiger partial charge on any atom is 0.256 e. The fraction of sp³-hybridized carbons (Fsp3) is 0.407. The molecule has 2 N–H and O–H groups in total. The highest BCUT2D eigenvalue weighted by molar-refractivity contribution is 6.04. The highest BCUT2D eigenvalue weighted by Crippen LogP contribution is 2.28. The van der Waals surface area contributed by atoms with E-state index in [9.17, 15) is 4.79 Å². The molecule has 11 nitrogen and oxygen atoms in total. The Morgan fingerprint density at radius 2 is 1.84 bits per heavy atom. The van der Waals surface area contributed by atoms with E-state index in [0.29, 0.717) is 53.0 Å². The van der Waals surface area contributed by atoms with Gasteiger partial charge in [-0.05, 0) is 38.5 Å². The molecule has 1 aliphatic rings. The number of nitrogens with one attached hydrogen (secondary N) is 2. The molecule has 1 fully saturated rings. The van der Waals surface area contributed by atoms with Gasteiger partial charge in [0.2, 0.25) is 5.95 Å². The van der Waals surface area contributed by atoms with Crippen molar-refractivity contribution in [1.82, 2.24) is 25.1 Å². The summed E-state index contributed by atoms with van der Waals surface area (Å²) in [6.07, 6.45) is 3.33. The van der Waals surface area contributed by atoms with Crippen LogP contribution in [0.5, 0.6) is 0 Å². The Labute approximate surface area is 221 Å². The number of hydrogen-bond acceptors (Lipinski definition) is 10. The lowest BCUT2D eigenvalue weighted by atomic mass is 9.93. The first kappa shape index (κ1) is 25.5. The van der Waals surface area contributed by atoms with Gasteiger partial charge in [-0.2, -0.15) is 0 Å².